The van der Waals surface area contributed by atoms with Gasteiger partial charge in [-0.25, -0.2) is 13.2 Å². The van der Waals surface area contributed by atoms with Gasteiger partial charge in [0.1, 0.15) is 33.7 Å². The Balaban J connectivity index is 1.64. The van der Waals surface area contributed by atoms with Crippen LogP contribution in [0.25, 0.3) is 11.1 Å². The molecule has 0 aliphatic rings. The van der Waals surface area contributed by atoms with Crippen LogP contribution in [-0.2, 0) is 21.2 Å². The monoisotopic (exact) mass is 526 g/mol. The molecule has 3 aromatic carbocycles. The smallest absolute Gasteiger partial charge is 0.344 e. The number of rotatable bonds is 13. The summed E-state index contributed by atoms with van der Waals surface area (Å²) in [4.78, 5) is 11.2. The van der Waals surface area contributed by atoms with E-state index in [-0.39, 0.29) is 5.75 Å². The van der Waals surface area contributed by atoms with Crippen molar-refractivity contribution < 1.29 is 32.5 Å². The van der Waals surface area contributed by atoms with E-state index in [2.05, 4.69) is 12.1 Å². The largest absolute Gasteiger partial charge is 0.494 e. The molecule has 0 aromatic heterocycles. The second kappa shape index (κ2) is 12.6. The van der Waals surface area contributed by atoms with Crippen LogP contribution in [0.1, 0.15) is 36.5 Å². The summed E-state index contributed by atoms with van der Waals surface area (Å²) in [5, 5.41) is 9.15. The first-order chi connectivity index (χ1) is 17.6. The Kier molecular flexibility index (Phi) is 9.58. The zero-order valence-electron chi connectivity index (χ0n) is 21.7. The van der Waals surface area contributed by atoms with Crippen LogP contribution in [0.4, 0.5) is 0 Å². The number of benzene rings is 3. The minimum atomic E-state index is -2.99. The minimum Gasteiger partial charge on any atom is -0.494 e. The predicted octanol–water partition coefficient (Wildman–Crippen LogP) is 5.60. The third kappa shape index (κ3) is 8.53. The molecule has 3 rings (SSSR count). The highest BCUT2D eigenvalue weighted by molar-refractivity contribution is 7.90. The molecule has 0 aliphatic heterocycles. The van der Waals surface area contributed by atoms with Gasteiger partial charge in [-0.1, -0.05) is 25.1 Å². The van der Waals surface area contributed by atoms with Crippen LogP contribution in [0.3, 0.4) is 0 Å². The van der Waals surface area contributed by atoms with Crippen molar-refractivity contribution in [3.05, 3.63) is 77.4 Å². The van der Waals surface area contributed by atoms with Gasteiger partial charge < -0.3 is 19.3 Å². The molecule has 0 radical (unpaired) electrons. The van der Waals surface area contributed by atoms with Crippen molar-refractivity contribution in [1.29, 1.82) is 0 Å². The normalized spacial score (nSPS) is 12.1. The fraction of sp³-hybridized carbons (Fsp3) is 0.345. The van der Waals surface area contributed by atoms with E-state index in [1.807, 2.05) is 38.1 Å². The molecule has 7 nitrogen and oxygen atoms in total. The molecule has 0 saturated heterocycles. The Labute approximate surface area is 218 Å². The van der Waals surface area contributed by atoms with Crippen LogP contribution >= 0.6 is 0 Å². The molecule has 0 amide bonds. The van der Waals surface area contributed by atoms with Crippen LogP contribution in [0.2, 0.25) is 0 Å². The number of carboxylic acid groups (broad SMARTS) is 1. The van der Waals surface area contributed by atoms with Gasteiger partial charge in [-0.3, -0.25) is 0 Å². The quantitative estimate of drug-likeness (QED) is 0.289. The van der Waals surface area contributed by atoms with E-state index in [1.165, 1.54) is 6.26 Å². The predicted molar refractivity (Wildman–Crippen MR) is 144 cm³/mol. The van der Waals surface area contributed by atoms with Crippen LogP contribution in [0.15, 0.2) is 60.7 Å². The number of hydrogen-bond acceptors (Lipinski definition) is 6. The molecule has 0 heterocycles. The molecule has 3 aromatic rings. The molecule has 1 unspecified atom stereocenters. The minimum absolute atomic E-state index is 0.111. The molecule has 1 atom stereocenters. The second-order valence-electron chi connectivity index (χ2n) is 9.08. The zero-order valence-corrected chi connectivity index (χ0v) is 22.5. The average Bonchev–Trinajstić information content (AvgIpc) is 2.84. The molecule has 37 heavy (non-hydrogen) atoms. The van der Waals surface area contributed by atoms with Crippen molar-refractivity contribution in [2.24, 2.45) is 0 Å². The van der Waals surface area contributed by atoms with Crippen LogP contribution in [0.5, 0.6) is 17.2 Å². The first kappa shape index (κ1) is 28.1. The number of ether oxygens (including phenoxy) is 3. The van der Waals surface area contributed by atoms with Crippen molar-refractivity contribution >= 4 is 15.8 Å². The summed E-state index contributed by atoms with van der Waals surface area (Å²) in [7, 11) is -2.99. The lowest BCUT2D eigenvalue weighted by Gasteiger charge is -2.15. The van der Waals surface area contributed by atoms with Crippen LogP contribution in [-0.4, -0.2) is 44.2 Å². The Morgan fingerprint density at radius 1 is 0.919 bits per heavy atom. The maximum absolute atomic E-state index is 11.3. The summed E-state index contributed by atoms with van der Waals surface area (Å²) in [6.45, 7) is 6.56. The van der Waals surface area contributed by atoms with Gasteiger partial charge >= 0.3 is 5.97 Å². The Bertz CT molecular complexity index is 1290. The number of aryl methyl sites for hydroxylation is 2. The maximum Gasteiger partial charge on any atom is 0.344 e. The fourth-order valence-corrected chi connectivity index (χ4v) is 4.69. The lowest BCUT2D eigenvalue weighted by Crippen LogP contribution is -2.25. The maximum atomic E-state index is 11.3. The molecular formula is C29H34O7S. The Morgan fingerprint density at radius 3 is 2.16 bits per heavy atom. The Hall–Kier alpha value is -3.52. The average molecular weight is 527 g/mol. The number of carboxylic acids is 1. The second-order valence-corrected chi connectivity index (χ2v) is 11.3. The van der Waals surface area contributed by atoms with E-state index in [4.69, 9.17) is 19.3 Å². The highest BCUT2D eigenvalue weighted by Crippen LogP contribution is 2.32. The third-order valence-corrected chi connectivity index (χ3v) is 6.83. The molecule has 0 spiro atoms. The molecule has 198 valence electrons. The van der Waals surface area contributed by atoms with E-state index < -0.39 is 21.9 Å². The summed E-state index contributed by atoms with van der Waals surface area (Å²) in [6, 6.07) is 19.0. The van der Waals surface area contributed by atoms with Crippen molar-refractivity contribution in [3.8, 4) is 28.4 Å². The van der Waals surface area contributed by atoms with Crippen LogP contribution in [0, 0.1) is 13.8 Å². The summed E-state index contributed by atoms with van der Waals surface area (Å²) in [5.41, 5.74) is 5.34. The van der Waals surface area contributed by atoms with Gasteiger partial charge in [0.2, 0.25) is 0 Å². The molecule has 0 aliphatic carbocycles. The summed E-state index contributed by atoms with van der Waals surface area (Å²) < 4.78 is 39.8. The molecule has 0 saturated carbocycles. The molecular weight excluding hydrogens is 492 g/mol. The van der Waals surface area contributed by atoms with Gasteiger partial charge in [0.25, 0.3) is 0 Å². The number of carbonyl (C=O) groups is 1. The fourth-order valence-electron chi connectivity index (χ4n) is 4.04. The van der Waals surface area contributed by atoms with Gasteiger partial charge in [0.05, 0.1) is 12.4 Å². The molecule has 0 bridgehead atoms. The first-order valence-electron chi connectivity index (χ1n) is 12.2. The summed E-state index contributed by atoms with van der Waals surface area (Å²) in [5.74, 6) is 0.996. The number of sulfone groups is 1. The highest BCUT2D eigenvalue weighted by Gasteiger charge is 2.16. The van der Waals surface area contributed by atoms with Crippen molar-refractivity contribution in [1.82, 2.24) is 0 Å². The van der Waals surface area contributed by atoms with E-state index in [9.17, 15) is 13.2 Å². The van der Waals surface area contributed by atoms with E-state index in [0.29, 0.717) is 37.6 Å². The summed E-state index contributed by atoms with van der Waals surface area (Å²) >= 11 is 0. The summed E-state index contributed by atoms with van der Waals surface area (Å²) in [6.07, 6.45) is 1.19. The number of hydrogen-bond donors (Lipinski definition) is 1. The Morgan fingerprint density at radius 2 is 1.57 bits per heavy atom. The van der Waals surface area contributed by atoms with E-state index in [1.54, 1.807) is 31.2 Å². The molecule has 8 heteroatoms. The SMILES string of the molecule is CCC(Oc1ccc(OCc2cccc(-c3c(C)cc(OCCCS(C)(=O)=O)cc3C)c2)cc1)C(=O)O. The van der Waals surface area contributed by atoms with Gasteiger partial charge in [-0.15, -0.1) is 0 Å². The van der Waals surface area contributed by atoms with Gasteiger partial charge in [-0.05, 0) is 97.0 Å². The standard InChI is InChI=1S/C29H34O7S/c1-5-27(29(30)31)36-25-12-10-24(11-13-25)35-19-22-8-6-9-23(18-22)28-20(2)16-26(17-21(28)3)34-14-7-15-37(4,32)33/h6,8-13,16-18,27H,5,7,14-15,19H2,1-4H3,(H,30,31). The van der Waals surface area contributed by atoms with Gasteiger partial charge in [0.15, 0.2) is 6.10 Å². The zero-order chi connectivity index (χ0) is 27.0. The van der Waals surface area contributed by atoms with E-state index in [0.717, 1.165) is 33.6 Å². The van der Waals surface area contributed by atoms with Crippen LogP contribution < -0.4 is 14.2 Å². The van der Waals surface area contributed by atoms with Crippen molar-refractivity contribution in [3.63, 3.8) is 0 Å². The topological polar surface area (TPSA) is 99.1 Å². The number of aliphatic carboxylic acids is 1. The molecule has 0 fully saturated rings. The van der Waals surface area contributed by atoms with Gasteiger partial charge in [0, 0.05) is 6.26 Å². The van der Waals surface area contributed by atoms with E-state index >= 15 is 0 Å². The van der Waals surface area contributed by atoms with Gasteiger partial charge in [-0.2, -0.15) is 0 Å². The lowest BCUT2D eigenvalue weighted by molar-refractivity contribution is -0.145. The molecule has 1 N–H and O–H groups in total. The first-order valence-corrected chi connectivity index (χ1v) is 14.2. The lowest BCUT2D eigenvalue weighted by atomic mass is 9.94. The van der Waals surface area contributed by atoms with Crippen molar-refractivity contribution in [2.75, 3.05) is 18.6 Å². The van der Waals surface area contributed by atoms with Crippen molar-refractivity contribution in [2.45, 2.75) is 46.3 Å². The third-order valence-electron chi connectivity index (χ3n) is 5.80. The highest BCUT2D eigenvalue weighted by atomic mass is 32.2.